The van der Waals surface area contributed by atoms with Gasteiger partial charge in [0.25, 0.3) is 0 Å². The molecule has 3 rings (SSSR count). The number of alkyl halides is 3. The standard InChI is InChI=1S/C19H22F4N2O/c20-16-11-14(10-15(12-16)19(21,22)23)18(26)5-9-25-8-3-4-17(25)13-24-6-1-2-7-24/h5,9-12,17H,1-4,6-8,13H2/b9-5+/t17-/m0/s1. The molecule has 1 atom stereocenters. The molecule has 2 aliphatic heterocycles. The van der Waals surface area contributed by atoms with Crippen molar-refractivity contribution in [2.24, 2.45) is 0 Å². The minimum absolute atomic E-state index is 0.288. The zero-order valence-corrected chi connectivity index (χ0v) is 14.4. The van der Waals surface area contributed by atoms with Crippen molar-refractivity contribution >= 4 is 5.78 Å². The van der Waals surface area contributed by atoms with Crippen LogP contribution in [0.3, 0.4) is 0 Å². The van der Waals surface area contributed by atoms with Crippen LogP contribution in [0.4, 0.5) is 17.6 Å². The van der Waals surface area contributed by atoms with Crippen molar-refractivity contribution in [3.8, 4) is 0 Å². The summed E-state index contributed by atoms with van der Waals surface area (Å²) in [6, 6.07) is 2.25. The van der Waals surface area contributed by atoms with Gasteiger partial charge in [-0.25, -0.2) is 4.39 Å². The summed E-state index contributed by atoms with van der Waals surface area (Å²) in [6.07, 6.45) is 2.69. The molecule has 0 spiro atoms. The van der Waals surface area contributed by atoms with Crippen molar-refractivity contribution in [2.45, 2.75) is 37.9 Å². The predicted molar refractivity (Wildman–Crippen MR) is 90.3 cm³/mol. The van der Waals surface area contributed by atoms with Gasteiger partial charge in [-0.3, -0.25) is 4.79 Å². The van der Waals surface area contributed by atoms with E-state index in [1.54, 1.807) is 6.20 Å². The van der Waals surface area contributed by atoms with Crippen molar-refractivity contribution in [1.82, 2.24) is 9.80 Å². The molecule has 0 aromatic heterocycles. The number of benzene rings is 1. The van der Waals surface area contributed by atoms with E-state index in [1.807, 2.05) is 0 Å². The van der Waals surface area contributed by atoms with Gasteiger partial charge < -0.3 is 9.80 Å². The second kappa shape index (κ2) is 7.78. The monoisotopic (exact) mass is 370 g/mol. The van der Waals surface area contributed by atoms with E-state index in [2.05, 4.69) is 9.80 Å². The third-order valence-corrected chi connectivity index (χ3v) is 5.02. The molecule has 0 saturated carbocycles. The van der Waals surface area contributed by atoms with Gasteiger partial charge in [0, 0.05) is 37.0 Å². The molecule has 2 saturated heterocycles. The summed E-state index contributed by atoms with van der Waals surface area (Å²) < 4.78 is 51.8. The molecule has 2 heterocycles. The topological polar surface area (TPSA) is 23.6 Å². The fraction of sp³-hybridized carbons (Fsp3) is 0.526. The molecule has 3 nitrogen and oxygen atoms in total. The maximum atomic E-state index is 13.5. The Morgan fingerprint density at radius 2 is 1.85 bits per heavy atom. The number of halogens is 4. The normalized spacial score (nSPS) is 21.8. The summed E-state index contributed by atoms with van der Waals surface area (Å²) in [4.78, 5) is 16.7. The highest BCUT2D eigenvalue weighted by atomic mass is 19.4. The van der Waals surface area contributed by atoms with E-state index in [4.69, 9.17) is 0 Å². The number of allylic oxidation sites excluding steroid dienone is 1. The lowest BCUT2D eigenvalue weighted by atomic mass is 10.1. The van der Waals surface area contributed by atoms with Gasteiger partial charge in [0.15, 0.2) is 5.78 Å². The van der Waals surface area contributed by atoms with E-state index >= 15 is 0 Å². The van der Waals surface area contributed by atoms with Gasteiger partial charge in [-0.05, 0) is 57.0 Å². The predicted octanol–water partition coefficient (Wildman–Crippen LogP) is 4.10. The van der Waals surface area contributed by atoms with Crippen LogP contribution in [-0.4, -0.2) is 47.8 Å². The first-order valence-corrected chi connectivity index (χ1v) is 8.91. The number of ketones is 1. The minimum atomic E-state index is -4.68. The first kappa shape index (κ1) is 18.9. The molecule has 1 aromatic carbocycles. The molecule has 2 aliphatic rings. The van der Waals surface area contributed by atoms with Crippen LogP contribution < -0.4 is 0 Å². The summed E-state index contributed by atoms with van der Waals surface area (Å²) in [5.41, 5.74) is -1.44. The zero-order valence-electron chi connectivity index (χ0n) is 14.4. The van der Waals surface area contributed by atoms with E-state index < -0.39 is 23.3 Å². The number of hydrogen-bond acceptors (Lipinski definition) is 3. The number of rotatable bonds is 5. The van der Waals surface area contributed by atoms with Gasteiger partial charge in [-0.1, -0.05) is 0 Å². The Balaban J connectivity index is 1.67. The Hall–Kier alpha value is -1.89. The van der Waals surface area contributed by atoms with Crippen molar-refractivity contribution in [3.05, 3.63) is 47.4 Å². The van der Waals surface area contributed by atoms with Gasteiger partial charge >= 0.3 is 6.18 Å². The Morgan fingerprint density at radius 3 is 2.54 bits per heavy atom. The van der Waals surface area contributed by atoms with Crippen LogP contribution in [0, 0.1) is 5.82 Å². The average Bonchev–Trinajstić information content (AvgIpc) is 3.23. The molecule has 142 valence electrons. The molecule has 0 bridgehead atoms. The van der Waals surface area contributed by atoms with Crippen molar-refractivity contribution in [2.75, 3.05) is 26.2 Å². The third kappa shape index (κ3) is 4.63. The van der Waals surface area contributed by atoms with Crippen molar-refractivity contribution in [3.63, 3.8) is 0 Å². The first-order chi connectivity index (χ1) is 12.3. The number of hydrogen-bond donors (Lipinski definition) is 0. The van der Waals surface area contributed by atoms with Crippen molar-refractivity contribution < 1.29 is 22.4 Å². The van der Waals surface area contributed by atoms with Crippen LogP contribution in [0.25, 0.3) is 0 Å². The van der Waals surface area contributed by atoms with Gasteiger partial charge in [-0.15, -0.1) is 0 Å². The Morgan fingerprint density at radius 1 is 1.12 bits per heavy atom. The second-order valence-electron chi connectivity index (χ2n) is 6.95. The van der Waals surface area contributed by atoms with E-state index in [0.29, 0.717) is 18.2 Å². The first-order valence-electron chi connectivity index (χ1n) is 8.91. The fourth-order valence-corrected chi connectivity index (χ4v) is 3.67. The Bertz CT molecular complexity index is 681. The molecule has 1 aromatic rings. The molecular formula is C19H22F4N2O. The Labute approximate surface area is 150 Å². The van der Waals surface area contributed by atoms with Crippen LogP contribution in [0.15, 0.2) is 30.5 Å². The maximum absolute atomic E-state index is 13.5. The SMILES string of the molecule is O=C(/C=C/N1CCC[C@H]1CN1CCCC1)c1cc(F)cc(C(F)(F)F)c1. The van der Waals surface area contributed by atoms with Gasteiger partial charge in [0.2, 0.25) is 0 Å². The van der Waals surface area contributed by atoms with Gasteiger partial charge in [0.05, 0.1) is 5.56 Å². The summed E-state index contributed by atoms with van der Waals surface area (Å²) in [7, 11) is 0. The molecule has 7 heteroatoms. The molecule has 0 radical (unpaired) electrons. The molecular weight excluding hydrogens is 348 g/mol. The Kier molecular flexibility index (Phi) is 5.65. The lowest BCUT2D eigenvalue weighted by molar-refractivity contribution is -0.137. The number of nitrogens with zero attached hydrogens (tertiary/aromatic N) is 2. The lowest BCUT2D eigenvalue weighted by Crippen LogP contribution is -2.36. The van der Waals surface area contributed by atoms with Crippen LogP contribution in [0.1, 0.15) is 41.6 Å². The van der Waals surface area contributed by atoms with Crippen molar-refractivity contribution in [1.29, 1.82) is 0 Å². The summed E-state index contributed by atoms with van der Waals surface area (Å²) in [6.45, 7) is 3.95. The fourth-order valence-electron chi connectivity index (χ4n) is 3.67. The van der Waals surface area contributed by atoms with Crippen LogP contribution in [0.5, 0.6) is 0 Å². The quantitative estimate of drug-likeness (QED) is 0.443. The number of carbonyl (C=O) groups excluding carboxylic acids is 1. The summed E-state index contributed by atoms with van der Waals surface area (Å²) in [5.74, 6) is -1.69. The highest BCUT2D eigenvalue weighted by Crippen LogP contribution is 2.30. The molecule has 0 aliphatic carbocycles. The number of carbonyl (C=O) groups is 1. The van der Waals surface area contributed by atoms with Crippen LogP contribution in [0.2, 0.25) is 0 Å². The van der Waals surface area contributed by atoms with Gasteiger partial charge in [-0.2, -0.15) is 13.2 Å². The zero-order chi connectivity index (χ0) is 18.7. The van der Waals surface area contributed by atoms with E-state index in [0.717, 1.165) is 45.1 Å². The highest BCUT2D eigenvalue weighted by molar-refractivity contribution is 6.04. The van der Waals surface area contributed by atoms with Crippen LogP contribution in [-0.2, 0) is 6.18 Å². The second-order valence-corrected chi connectivity index (χ2v) is 6.95. The van der Waals surface area contributed by atoms with E-state index in [1.165, 1.54) is 18.9 Å². The molecule has 0 amide bonds. The maximum Gasteiger partial charge on any atom is 0.416 e. The number of likely N-dealkylation sites (tertiary alicyclic amines) is 2. The molecule has 26 heavy (non-hydrogen) atoms. The van der Waals surface area contributed by atoms with E-state index in [9.17, 15) is 22.4 Å². The summed E-state index contributed by atoms with van der Waals surface area (Å²) in [5, 5.41) is 0. The minimum Gasteiger partial charge on any atom is -0.373 e. The molecule has 0 N–H and O–H groups in total. The average molecular weight is 370 g/mol. The lowest BCUT2D eigenvalue weighted by Gasteiger charge is -2.27. The van der Waals surface area contributed by atoms with Crippen LogP contribution >= 0.6 is 0 Å². The van der Waals surface area contributed by atoms with Gasteiger partial charge in [0.1, 0.15) is 5.82 Å². The third-order valence-electron chi connectivity index (χ3n) is 5.02. The largest absolute Gasteiger partial charge is 0.416 e. The molecule has 0 unspecified atom stereocenters. The highest BCUT2D eigenvalue weighted by Gasteiger charge is 2.32. The van der Waals surface area contributed by atoms with E-state index in [-0.39, 0.29) is 5.56 Å². The molecule has 2 fully saturated rings. The smallest absolute Gasteiger partial charge is 0.373 e. The summed E-state index contributed by atoms with van der Waals surface area (Å²) >= 11 is 0.